The fourth-order valence-electron chi connectivity index (χ4n) is 2.32. The zero-order valence-electron chi connectivity index (χ0n) is 9.70. The van der Waals surface area contributed by atoms with Gasteiger partial charge in [-0.2, -0.15) is 0 Å². The summed E-state index contributed by atoms with van der Waals surface area (Å²) in [5, 5.41) is 0. The molecule has 1 aliphatic rings. The van der Waals surface area contributed by atoms with Gasteiger partial charge in [-0.05, 0) is 18.1 Å². The van der Waals surface area contributed by atoms with E-state index in [2.05, 4.69) is 0 Å². The van der Waals surface area contributed by atoms with Crippen molar-refractivity contribution in [2.75, 3.05) is 7.11 Å². The number of methoxy groups -OCH3 is 1. The van der Waals surface area contributed by atoms with Crippen LogP contribution in [0.15, 0.2) is 16.5 Å². The summed E-state index contributed by atoms with van der Waals surface area (Å²) < 4.78 is 10.4. The Labute approximate surface area is 95.8 Å². The van der Waals surface area contributed by atoms with E-state index in [0.29, 0.717) is 24.7 Å². The number of carbonyl (C=O) groups is 1. The van der Waals surface area contributed by atoms with Gasteiger partial charge in [-0.15, -0.1) is 0 Å². The molecule has 2 rings (SSSR count). The second-order valence-electron chi connectivity index (χ2n) is 4.48. The number of ether oxygens (including phenoxy) is 1. The number of ketones is 1. The Morgan fingerprint density at radius 1 is 1.44 bits per heavy atom. The Kier molecular flexibility index (Phi) is 3.78. The summed E-state index contributed by atoms with van der Waals surface area (Å²) in [6, 6.07) is 3.57. The highest BCUT2D eigenvalue weighted by atomic mass is 16.5. The summed E-state index contributed by atoms with van der Waals surface area (Å²) in [4.78, 5) is 11.9. The Hall–Kier alpha value is -1.09. The van der Waals surface area contributed by atoms with Crippen LogP contribution in [0.3, 0.4) is 0 Å². The molecule has 0 N–H and O–H groups in total. The monoisotopic (exact) mass is 222 g/mol. The first-order valence-corrected chi connectivity index (χ1v) is 5.90. The quantitative estimate of drug-likeness (QED) is 0.718. The van der Waals surface area contributed by atoms with E-state index >= 15 is 0 Å². The molecule has 0 atom stereocenters. The number of furan rings is 1. The second kappa shape index (κ2) is 5.30. The van der Waals surface area contributed by atoms with Gasteiger partial charge in [0.05, 0.1) is 0 Å². The van der Waals surface area contributed by atoms with Crippen molar-refractivity contribution in [3.8, 4) is 0 Å². The van der Waals surface area contributed by atoms with E-state index in [1.54, 1.807) is 13.2 Å². The number of hydrogen-bond acceptors (Lipinski definition) is 3. The highest BCUT2D eigenvalue weighted by Crippen LogP contribution is 2.28. The fourth-order valence-corrected chi connectivity index (χ4v) is 2.32. The van der Waals surface area contributed by atoms with Crippen molar-refractivity contribution in [1.29, 1.82) is 0 Å². The number of rotatable bonds is 5. The normalized spacial score (nSPS) is 16.8. The molecule has 1 aromatic heterocycles. The molecule has 0 amide bonds. The topological polar surface area (TPSA) is 39.4 Å². The molecule has 0 radical (unpaired) electrons. The van der Waals surface area contributed by atoms with Gasteiger partial charge >= 0.3 is 0 Å². The van der Waals surface area contributed by atoms with Crippen LogP contribution < -0.4 is 0 Å². The van der Waals surface area contributed by atoms with Crippen LogP contribution in [0, 0.1) is 5.92 Å². The molecule has 1 aliphatic carbocycles. The lowest BCUT2D eigenvalue weighted by Crippen LogP contribution is -2.04. The van der Waals surface area contributed by atoms with Gasteiger partial charge in [0.2, 0.25) is 0 Å². The van der Waals surface area contributed by atoms with Crippen LogP contribution in [0.4, 0.5) is 0 Å². The van der Waals surface area contributed by atoms with Crippen molar-refractivity contribution in [1.82, 2.24) is 0 Å². The van der Waals surface area contributed by atoms with Gasteiger partial charge in [-0.1, -0.05) is 25.7 Å². The summed E-state index contributed by atoms with van der Waals surface area (Å²) in [6.07, 6.45) is 5.56. The van der Waals surface area contributed by atoms with Crippen LogP contribution >= 0.6 is 0 Å². The molecule has 16 heavy (non-hydrogen) atoms. The molecular weight excluding hydrogens is 204 g/mol. The van der Waals surface area contributed by atoms with Crippen molar-refractivity contribution in [2.24, 2.45) is 5.92 Å². The smallest absolute Gasteiger partial charge is 0.198 e. The zero-order chi connectivity index (χ0) is 11.4. The zero-order valence-corrected chi connectivity index (χ0v) is 9.70. The summed E-state index contributed by atoms with van der Waals surface area (Å²) in [6.45, 7) is 0.427. The van der Waals surface area contributed by atoms with Crippen LogP contribution in [-0.2, 0) is 11.3 Å². The molecule has 3 nitrogen and oxygen atoms in total. The minimum absolute atomic E-state index is 0.134. The first kappa shape index (κ1) is 11.4. The maximum atomic E-state index is 11.9. The van der Waals surface area contributed by atoms with Crippen LogP contribution in [0.5, 0.6) is 0 Å². The molecule has 1 fully saturated rings. The van der Waals surface area contributed by atoms with E-state index in [1.165, 1.54) is 25.7 Å². The third kappa shape index (κ3) is 2.73. The second-order valence-corrected chi connectivity index (χ2v) is 4.48. The molecule has 0 aromatic carbocycles. The molecule has 0 bridgehead atoms. The number of Topliss-reactive ketones (excluding diaryl/α,β-unsaturated/α-hetero) is 1. The lowest BCUT2D eigenvalue weighted by Gasteiger charge is -2.05. The first-order chi connectivity index (χ1) is 7.79. The lowest BCUT2D eigenvalue weighted by molar-refractivity contribution is 0.0926. The average molecular weight is 222 g/mol. The maximum absolute atomic E-state index is 11.9. The molecule has 0 saturated heterocycles. The molecule has 1 aromatic rings. The average Bonchev–Trinajstić information content (AvgIpc) is 2.89. The van der Waals surface area contributed by atoms with E-state index in [-0.39, 0.29) is 5.78 Å². The highest BCUT2D eigenvalue weighted by molar-refractivity contribution is 5.93. The Morgan fingerprint density at radius 3 is 2.88 bits per heavy atom. The van der Waals surface area contributed by atoms with E-state index in [4.69, 9.17) is 9.15 Å². The van der Waals surface area contributed by atoms with Gasteiger partial charge in [0, 0.05) is 13.5 Å². The lowest BCUT2D eigenvalue weighted by atomic mass is 10.0. The van der Waals surface area contributed by atoms with E-state index in [9.17, 15) is 4.79 Å². The Bertz CT molecular complexity index is 348. The summed E-state index contributed by atoms with van der Waals surface area (Å²) in [5.74, 6) is 1.91. The van der Waals surface area contributed by atoms with Crippen LogP contribution in [0.2, 0.25) is 0 Å². The molecule has 1 saturated carbocycles. The third-order valence-electron chi connectivity index (χ3n) is 3.17. The molecule has 0 aliphatic heterocycles. The van der Waals surface area contributed by atoms with Crippen molar-refractivity contribution in [3.05, 3.63) is 23.7 Å². The van der Waals surface area contributed by atoms with Crippen molar-refractivity contribution in [3.63, 3.8) is 0 Å². The molecule has 1 heterocycles. The third-order valence-corrected chi connectivity index (χ3v) is 3.17. The van der Waals surface area contributed by atoms with E-state index < -0.39 is 0 Å². The summed E-state index contributed by atoms with van der Waals surface area (Å²) in [5.41, 5.74) is 0. The molecule has 88 valence electrons. The molecular formula is C13H18O3. The molecule has 0 spiro atoms. The van der Waals surface area contributed by atoms with Crippen molar-refractivity contribution >= 4 is 5.78 Å². The Morgan fingerprint density at radius 2 is 2.19 bits per heavy atom. The van der Waals surface area contributed by atoms with Crippen molar-refractivity contribution in [2.45, 2.75) is 38.7 Å². The highest BCUT2D eigenvalue weighted by Gasteiger charge is 2.20. The standard InChI is InChI=1S/C13H18O3/c1-15-9-11-6-7-13(16-11)12(14)8-10-4-2-3-5-10/h6-7,10H,2-5,8-9H2,1H3. The fraction of sp³-hybridized carbons (Fsp3) is 0.615. The van der Waals surface area contributed by atoms with Crippen LogP contribution in [0.25, 0.3) is 0 Å². The first-order valence-electron chi connectivity index (χ1n) is 5.90. The largest absolute Gasteiger partial charge is 0.456 e. The minimum Gasteiger partial charge on any atom is -0.456 e. The van der Waals surface area contributed by atoms with Crippen LogP contribution in [-0.4, -0.2) is 12.9 Å². The number of hydrogen-bond donors (Lipinski definition) is 0. The van der Waals surface area contributed by atoms with Gasteiger partial charge in [-0.3, -0.25) is 4.79 Å². The minimum atomic E-state index is 0.134. The predicted molar refractivity (Wildman–Crippen MR) is 60.3 cm³/mol. The van der Waals surface area contributed by atoms with Gasteiger partial charge in [-0.25, -0.2) is 0 Å². The summed E-state index contributed by atoms with van der Waals surface area (Å²) in [7, 11) is 1.61. The number of carbonyl (C=O) groups excluding carboxylic acids is 1. The van der Waals surface area contributed by atoms with Crippen molar-refractivity contribution < 1.29 is 13.9 Å². The van der Waals surface area contributed by atoms with E-state index in [0.717, 1.165) is 5.76 Å². The van der Waals surface area contributed by atoms with Gasteiger partial charge < -0.3 is 9.15 Å². The summed E-state index contributed by atoms with van der Waals surface area (Å²) >= 11 is 0. The predicted octanol–water partition coefficient (Wildman–Crippen LogP) is 3.19. The van der Waals surface area contributed by atoms with Gasteiger partial charge in [0.25, 0.3) is 0 Å². The van der Waals surface area contributed by atoms with Gasteiger partial charge in [0.1, 0.15) is 12.4 Å². The van der Waals surface area contributed by atoms with Crippen LogP contribution in [0.1, 0.15) is 48.4 Å². The maximum Gasteiger partial charge on any atom is 0.198 e. The Balaban J connectivity index is 1.91. The van der Waals surface area contributed by atoms with E-state index in [1.807, 2.05) is 6.07 Å². The molecule has 3 heteroatoms. The SMILES string of the molecule is COCc1ccc(C(=O)CC2CCCC2)o1. The van der Waals surface area contributed by atoms with Gasteiger partial charge in [0.15, 0.2) is 11.5 Å². The molecule has 0 unspecified atom stereocenters.